The normalized spacial score (nSPS) is 12.0. The van der Waals surface area contributed by atoms with E-state index in [9.17, 15) is 19.5 Å². The zero-order chi connectivity index (χ0) is 22.7. The van der Waals surface area contributed by atoms with E-state index in [0.29, 0.717) is 0 Å². The van der Waals surface area contributed by atoms with E-state index in [-0.39, 0.29) is 36.9 Å². The number of anilines is 1. The summed E-state index contributed by atoms with van der Waals surface area (Å²) in [6.45, 7) is 0.231. The van der Waals surface area contributed by atoms with Gasteiger partial charge in [-0.2, -0.15) is 5.10 Å². The van der Waals surface area contributed by atoms with Gasteiger partial charge in [-0.1, -0.05) is 48.5 Å². The number of nitrogens with zero attached hydrogens (tertiary/aromatic N) is 2. The summed E-state index contributed by atoms with van der Waals surface area (Å²) in [5.41, 5.74) is 4.50. The Labute approximate surface area is 184 Å². The molecule has 0 atom stereocenters. The van der Waals surface area contributed by atoms with Gasteiger partial charge in [0.15, 0.2) is 5.69 Å². The molecule has 1 aliphatic rings. The molecule has 3 aromatic rings. The minimum Gasteiger partial charge on any atom is -0.476 e. The molecule has 2 amide bonds. The van der Waals surface area contributed by atoms with E-state index >= 15 is 0 Å². The number of aromatic nitrogens is 2. The summed E-state index contributed by atoms with van der Waals surface area (Å²) in [6, 6.07) is 16.1. The van der Waals surface area contributed by atoms with Crippen LogP contribution in [0.15, 0.2) is 54.7 Å². The molecular weight excluding hydrogens is 412 g/mol. The summed E-state index contributed by atoms with van der Waals surface area (Å²) in [5, 5.41) is 18.1. The maximum atomic E-state index is 12.2. The zero-order valence-corrected chi connectivity index (χ0v) is 17.4. The first-order chi connectivity index (χ1) is 15.5. The van der Waals surface area contributed by atoms with Crippen molar-refractivity contribution in [3.05, 3.63) is 71.5 Å². The Kier molecular flexibility index (Phi) is 5.89. The fourth-order valence-electron chi connectivity index (χ4n) is 3.92. The number of aryl methyl sites for hydroxylation is 1. The third kappa shape index (κ3) is 4.18. The van der Waals surface area contributed by atoms with Gasteiger partial charge in [0.05, 0.1) is 11.9 Å². The predicted molar refractivity (Wildman–Crippen MR) is 116 cm³/mol. The van der Waals surface area contributed by atoms with Crippen molar-refractivity contribution in [2.24, 2.45) is 7.05 Å². The quantitative estimate of drug-likeness (QED) is 0.525. The van der Waals surface area contributed by atoms with E-state index in [1.54, 1.807) is 0 Å². The van der Waals surface area contributed by atoms with Crippen LogP contribution in [-0.4, -0.2) is 46.0 Å². The molecule has 0 aliphatic heterocycles. The SMILES string of the molecule is Cn1ncc(NC(=O)CCNC(=O)OCC2c3ccccc3-c3ccccc32)c1C(=O)O. The van der Waals surface area contributed by atoms with Crippen LogP contribution in [0.3, 0.4) is 0 Å². The van der Waals surface area contributed by atoms with E-state index in [0.717, 1.165) is 26.9 Å². The monoisotopic (exact) mass is 434 g/mol. The summed E-state index contributed by atoms with van der Waals surface area (Å²) < 4.78 is 6.58. The lowest BCUT2D eigenvalue weighted by molar-refractivity contribution is -0.116. The lowest BCUT2D eigenvalue weighted by Gasteiger charge is -2.14. The molecule has 1 aliphatic carbocycles. The van der Waals surface area contributed by atoms with Crippen molar-refractivity contribution in [3.8, 4) is 11.1 Å². The fourth-order valence-corrected chi connectivity index (χ4v) is 3.92. The number of alkyl carbamates (subject to hydrolysis) is 1. The van der Waals surface area contributed by atoms with Crippen molar-refractivity contribution < 1.29 is 24.2 Å². The molecule has 0 radical (unpaired) electrons. The number of aromatic carboxylic acids is 1. The van der Waals surface area contributed by atoms with Gasteiger partial charge in [-0.15, -0.1) is 0 Å². The van der Waals surface area contributed by atoms with Crippen LogP contribution in [0.4, 0.5) is 10.5 Å². The number of amides is 2. The standard InChI is InChI=1S/C23H22N4O5/c1-27-21(22(29)30)19(12-25-27)26-20(28)10-11-24-23(31)32-13-18-16-8-4-2-6-14(16)15-7-3-5-9-17(15)18/h2-9,12,18H,10-11,13H2,1H3,(H,24,31)(H,26,28)(H,29,30). The highest BCUT2D eigenvalue weighted by Gasteiger charge is 2.29. The second kappa shape index (κ2) is 8.93. The molecule has 0 unspecified atom stereocenters. The van der Waals surface area contributed by atoms with Crippen LogP contribution in [0.25, 0.3) is 11.1 Å². The molecule has 2 aromatic carbocycles. The van der Waals surface area contributed by atoms with Crippen LogP contribution in [0.1, 0.15) is 34.0 Å². The maximum absolute atomic E-state index is 12.2. The fraction of sp³-hybridized carbons (Fsp3) is 0.217. The Hall–Kier alpha value is -4.14. The molecular formula is C23H22N4O5. The molecule has 3 N–H and O–H groups in total. The first-order valence-electron chi connectivity index (χ1n) is 10.1. The zero-order valence-electron chi connectivity index (χ0n) is 17.4. The van der Waals surface area contributed by atoms with Crippen molar-refractivity contribution in [2.75, 3.05) is 18.5 Å². The highest BCUT2D eigenvalue weighted by Crippen LogP contribution is 2.44. The number of carboxylic acids is 1. The Bertz CT molecular complexity index is 1140. The first kappa shape index (κ1) is 21.1. The van der Waals surface area contributed by atoms with Crippen LogP contribution in [0, 0.1) is 0 Å². The average molecular weight is 434 g/mol. The van der Waals surface area contributed by atoms with E-state index in [1.807, 2.05) is 36.4 Å². The number of nitrogens with one attached hydrogen (secondary N) is 2. The van der Waals surface area contributed by atoms with Crippen molar-refractivity contribution in [3.63, 3.8) is 0 Å². The summed E-state index contributed by atoms with van der Waals surface area (Å²) in [6.07, 6.45) is 0.602. The number of carbonyl (C=O) groups excluding carboxylic acids is 2. The van der Waals surface area contributed by atoms with Gasteiger partial charge in [-0.3, -0.25) is 9.48 Å². The van der Waals surface area contributed by atoms with Gasteiger partial charge in [0.1, 0.15) is 6.61 Å². The lowest BCUT2D eigenvalue weighted by Crippen LogP contribution is -2.29. The number of benzene rings is 2. The molecule has 164 valence electrons. The van der Waals surface area contributed by atoms with Gasteiger partial charge in [-0.05, 0) is 22.3 Å². The molecule has 0 bridgehead atoms. The Morgan fingerprint density at radius 2 is 1.69 bits per heavy atom. The van der Waals surface area contributed by atoms with E-state index in [1.165, 1.54) is 13.2 Å². The van der Waals surface area contributed by atoms with Crippen LogP contribution in [0.5, 0.6) is 0 Å². The predicted octanol–water partition coefficient (Wildman–Crippen LogP) is 2.99. The minimum atomic E-state index is -1.20. The third-order valence-electron chi connectivity index (χ3n) is 5.38. The Balaban J connectivity index is 1.27. The third-order valence-corrected chi connectivity index (χ3v) is 5.38. The van der Waals surface area contributed by atoms with Crippen molar-refractivity contribution in [2.45, 2.75) is 12.3 Å². The number of hydrogen-bond acceptors (Lipinski definition) is 5. The molecule has 0 saturated carbocycles. The van der Waals surface area contributed by atoms with E-state index in [4.69, 9.17) is 4.74 Å². The minimum absolute atomic E-state index is 0.0435. The number of carbonyl (C=O) groups is 3. The van der Waals surface area contributed by atoms with Crippen LogP contribution in [-0.2, 0) is 16.6 Å². The van der Waals surface area contributed by atoms with Crippen LogP contribution < -0.4 is 10.6 Å². The molecule has 0 fully saturated rings. The number of rotatable bonds is 7. The molecule has 0 spiro atoms. The number of ether oxygens (including phenoxy) is 1. The average Bonchev–Trinajstić information content (AvgIpc) is 3.30. The lowest BCUT2D eigenvalue weighted by atomic mass is 9.98. The number of fused-ring (bicyclic) bond motifs is 3. The molecule has 32 heavy (non-hydrogen) atoms. The molecule has 4 rings (SSSR count). The van der Waals surface area contributed by atoms with Gasteiger partial charge >= 0.3 is 12.1 Å². The van der Waals surface area contributed by atoms with E-state index < -0.39 is 18.0 Å². The molecule has 0 saturated heterocycles. The summed E-state index contributed by atoms with van der Waals surface area (Å²) in [4.78, 5) is 35.5. The van der Waals surface area contributed by atoms with Gasteiger partial charge in [0.2, 0.25) is 5.91 Å². The number of carboxylic acid groups (broad SMARTS) is 1. The van der Waals surface area contributed by atoms with Crippen LogP contribution >= 0.6 is 0 Å². The van der Waals surface area contributed by atoms with Crippen LogP contribution in [0.2, 0.25) is 0 Å². The van der Waals surface area contributed by atoms with Crippen molar-refractivity contribution in [1.82, 2.24) is 15.1 Å². The summed E-state index contributed by atoms with van der Waals surface area (Å²) >= 11 is 0. The second-order valence-electron chi connectivity index (χ2n) is 7.39. The van der Waals surface area contributed by atoms with Gasteiger partial charge in [0, 0.05) is 25.9 Å². The molecule has 1 aromatic heterocycles. The van der Waals surface area contributed by atoms with Gasteiger partial charge in [0.25, 0.3) is 0 Å². The van der Waals surface area contributed by atoms with Gasteiger partial charge < -0.3 is 20.5 Å². The Morgan fingerprint density at radius 3 is 2.31 bits per heavy atom. The van der Waals surface area contributed by atoms with Crippen molar-refractivity contribution in [1.29, 1.82) is 0 Å². The largest absolute Gasteiger partial charge is 0.476 e. The highest BCUT2D eigenvalue weighted by molar-refractivity contribution is 5.99. The summed E-state index contributed by atoms with van der Waals surface area (Å²) in [5.74, 6) is -1.69. The molecule has 9 nitrogen and oxygen atoms in total. The molecule has 1 heterocycles. The topological polar surface area (TPSA) is 123 Å². The van der Waals surface area contributed by atoms with Gasteiger partial charge in [-0.25, -0.2) is 9.59 Å². The molecule has 9 heteroatoms. The second-order valence-corrected chi connectivity index (χ2v) is 7.39. The first-order valence-corrected chi connectivity index (χ1v) is 10.1. The smallest absolute Gasteiger partial charge is 0.407 e. The van der Waals surface area contributed by atoms with Crippen molar-refractivity contribution >= 4 is 23.7 Å². The summed E-state index contributed by atoms with van der Waals surface area (Å²) in [7, 11) is 1.47. The number of hydrogen-bond donors (Lipinski definition) is 3. The Morgan fingerprint density at radius 1 is 1.06 bits per heavy atom. The van der Waals surface area contributed by atoms with E-state index in [2.05, 4.69) is 27.9 Å². The maximum Gasteiger partial charge on any atom is 0.407 e. The highest BCUT2D eigenvalue weighted by atomic mass is 16.5.